The number of nitrogens with two attached hydrogens (primary N) is 2. The molecule has 226 valence electrons. The van der Waals surface area contributed by atoms with Crippen molar-refractivity contribution >= 4 is 62.8 Å². The number of quaternary nitrogens is 1. The highest BCUT2D eigenvalue weighted by Gasteiger charge is 2.61. The number of aliphatic imine (C=N–C) groups is 1. The normalized spacial score (nSPS) is 24.6. The fraction of sp³-hybridized carbons (Fsp3) is 0.379. The zero-order valence-electron chi connectivity index (χ0n) is 23.5. The van der Waals surface area contributed by atoms with Gasteiger partial charge < -0.3 is 36.3 Å². The number of hydrogen-bond donors (Lipinski definition) is 5. The topological polar surface area (TPSA) is 185 Å². The molecule has 2 aromatic carbocycles. The molecule has 1 fully saturated rings. The van der Waals surface area contributed by atoms with Crippen LogP contribution < -0.4 is 25.8 Å². The quantitative estimate of drug-likeness (QED) is 0.101. The first-order valence-corrected chi connectivity index (χ1v) is 14.4. The minimum atomic E-state index is -1.42. The predicted molar refractivity (Wildman–Crippen MR) is 165 cm³/mol. The average Bonchev–Trinajstić information content (AvgIpc) is 3.54. The number of pyridine rings is 1. The van der Waals surface area contributed by atoms with Gasteiger partial charge in [0.15, 0.2) is 17.6 Å². The van der Waals surface area contributed by atoms with E-state index in [4.69, 9.17) is 37.5 Å². The van der Waals surface area contributed by atoms with Crippen LogP contribution in [-0.4, -0.2) is 88.0 Å². The van der Waals surface area contributed by atoms with Gasteiger partial charge in [0.1, 0.15) is 30.0 Å². The Morgan fingerprint density at radius 3 is 2.65 bits per heavy atom. The second kappa shape index (κ2) is 11.8. The molecule has 2 aliphatic rings. The number of ether oxygens (including phenoxy) is 2. The van der Waals surface area contributed by atoms with E-state index in [9.17, 15) is 15.3 Å². The third-order valence-corrected chi connectivity index (χ3v) is 8.29. The largest absolute Gasteiger partial charge is 0.497 e. The van der Waals surface area contributed by atoms with Crippen LogP contribution in [0, 0.1) is 0 Å². The van der Waals surface area contributed by atoms with Crippen LogP contribution >= 0.6 is 11.6 Å². The van der Waals surface area contributed by atoms with E-state index in [0.717, 1.165) is 29.1 Å². The van der Waals surface area contributed by atoms with Crippen molar-refractivity contribution in [3.63, 3.8) is 0 Å². The van der Waals surface area contributed by atoms with Gasteiger partial charge in [-0.2, -0.15) is 9.98 Å². The number of aromatic nitrogens is 3. The van der Waals surface area contributed by atoms with Crippen molar-refractivity contribution in [1.29, 1.82) is 0 Å². The molecule has 43 heavy (non-hydrogen) atoms. The molecular formula is C29H34ClN8O5+. The molecule has 0 aliphatic carbocycles. The van der Waals surface area contributed by atoms with E-state index >= 15 is 0 Å². The Labute approximate surface area is 252 Å². The molecule has 0 spiro atoms. The lowest BCUT2D eigenvalue weighted by molar-refractivity contribution is -0.0702. The molecule has 0 bridgehead atoms. The summed E-state index contributed by atoms with van der Waals surface area (Å²) in [5.41, 5.74) is 14.4. The molecule has 4 heterocycles. The number of aliphatic hydroxyl groups is 3. The van der Waals surface area contributed by atoms with Crippen LogP contribution in [0.25, 0.3) is 21.8 Å². The Hall–Kier alpha value is -3.69. The molecule has 6 rings (SSSR count). The van der Waals surface area contributed by atoms with Gasteiger partial charge in [-0.3, -0.25) is 0 Å². The number of benzene rings is 2. The lowest BCUT2D eigenvalue weighted by Crippen LogP contribution is -2.69. The summed E-state index contributed by atoms with van der Waals surface area (Å²) in [5, 5.41) is 36.3. The highest BCUT2D eigenvalue weighted by atomic mass is 35.5. The number of anilines is 2. The van der Waals surface area contributed by atoms with E-state index in [1.54, 1.807) is 19.5 Å². The molecule has 0 amide bonds. The van der Waals surface area contributed by atoms with Gasteiger partial charge in [-0.25, -0.2) is 15.0 Å². The summed E-state index contributed by atoms with van der Waals surface area (Å²) in [5.74, 6) is 1.17. The van der Waals surface area contributed by atoms with E-state index in [-0.39, 0.29) is 5.82 Å². The lowest BCUT2D eigenvalue weighted by atomic mass is 10.1. The van der Waals surface area contributed by atoms with Crippen molar-refractivity contribution in [2.75, 3.05) is 37.5 Å². The second-order valence-electron chi connectivity index (χ2n) is 10.7. The number of nitrogen functional groups attached to an aromatic ring is 1. The predicted octanol–water partition coefficient (Wildman–Crippen LogP) is 2.39. The SMILES string of the molecule is COc1ccc2cc3c(N(CCCCCN)[N+]4([C@@H]5O[C@H](CO)[C@@H](O)[C@H]5O)C=Nc5c(N)ncnc54)cc(Cl)cc3nc2c1. The molecule has 13 nitrogen and oxygen atoms in total. The van der Waals surface area contributed by atoms with Crippen LogP contribution in [0.4, 0.5) is 23.0 Å². The lowest BCUT2D eigenvalue weighted by Gasteiger charge is -2.44. The summed E-state index contributed by atoms with van der Waals surface area (Å²) >= 11 is 6.75. The number of nitrogens with zero attached hydrogens (tertiary/aromatic N) is 6. The average molecular weight is 610 g/mol. The Balaban J connectivity index is 1.62. The van der Waals surface area contributed by atoms with Crippen LogP contribution in [0.15, 0.2) is 47.7 Å². The van der Waals surface area contributed by atoms with Crippen molar-refractivity contribution in [2.45, 2.75) is 43.8 Å². The summed E-state index contributed by atoms with van der Waals surface area (Å²) in [6.07, 6.45) is 0.237. The summed E-state index contributed by atoms with van der Waals surface area (Å²) < 4.78 is 11.2. The number of fused-ring (bicyclic) bond motifs is 3. The second-order valence-corrected chi connectivity index (χ2v) is 11.1. The van der Waals surface area contributed by atoms with E-state index in [1.807, 2.05) is 35.3 Å². The van der Waals surface area contributed by atoms with Gasteiger partial charge in [-0.1, -0.05) is 18.0 Å². The number of aliphatic hydroxyl groups excluding tert-OH is 3. The van der Waals surface area contributed by atoms with Gasteiger partial charge >= 0.3 is 0 Å². The van der Waals surface area contributed by atoms with Gasteiger partial charge in [0.25, 0.3) is 12.0 Å². The number of halogens is 1. The summed E-state index contributed by atoms with van der Waals surface area (Å²) in [6, 6.07) is 11.3. The fourth-order valence-corrected chi connectivity index (χ4v) is 6.13. The Kier molecular flexibility index (Phi) is 8.04. The van der Waals surface area contributed by atoms with Crippen molar-refractivity contribution in [1.82, 2.24) is 19.5 Å². The molecule has 2 aliphatic heterocycles. The van der Waals surface area contributed by atoms with Gasteiger partial charge in [-0.15, -0.1) is 4.59 Å². The Bertz CT molecular complexity index is 1690. The molecule has 1 saturated heterocycles. The number of rotatable bonds is 10. The maximum atomic E-state index is 11.4. The molecule has 2 aromatic heterocycles. The van der Waals surface area contributed by atoms with E-state index < -0.39 is 35.7 Å². The van der Waals surface area contributed by atoms with Crippen LogP contribution in [0.5, 0.6) is 5.75 Å². The fourth-order valence-electron chi connectivity index (χ4n) is 5.92. The zero-order valence-corrected chi connectivity index (χ0v) is 24.3. The highest BCUT2D eigenvalue weighted by Crippen LogP contribution is 2.48. The summed E-state index contributed by atoms with van der Waals surface area (Å²) in [4.78, 5) is 18.2. The number of hydrogen-bond acceptors (Lipinski definition) is 12. The Morgan fingerprint density at radius 2 is 1.91 bits per heavy atom. The molecule has 0 radical (unpaired) electrons. The highest BCUT2D eigenvalue weighted by molar-refractivity contribution is 6.32. The van der Waals surface area contributed by atoms with E-state index in [2.05, 4.69) is 15.0 Å². The molecule has 4 aromatic rings. The molecule has 0 saturated carbocycles. The maximum absolute atomic E-state index is 11.4. The van der Waals surface area contributed by atoms with E-state index in [0.29, 0.717) is 53.0 Å². The summed E-state index contributed by atoms with van der Waals surface area (Å²) in [6.45, 7) is 0.459. The van der Waals surface area contributed by atoms with Crippen LogP contribution in [-0.2, 0) is 4.74 Å². The Morgan fingerprint density at radius 1 is 1.07 bits per heavy atom. The monoisotopic (exact) mass is 609 g/mol. The van der Waals surface area contributed by atoms with Crippen molar-refractivity contribution < 1.29 is 24.8 Å². The maximum Gasteiger partial charge on any atom is 0.292 e. The van der Waals surface area contributed by atoms with Crippen LogP contribution in [0.3, 0.4) is 0 Å². The van der Waals surface area contributed by atoms with Gasteiger partial charge in [0, 0.05) is 21.9 Å². The minimum absolute atomic E-state index is 0.147. The van der Waals surface area contributed by atoms with Crippen LogP contribution in [0.2, 0.25) is 5.02 Å². The first-order valence-electron chi connectivity index (χ1n) is 14.1. The van der Waals surface area contributed by atoms with Crippen molar-refractivity contribution in [3.8, 4) is 5.75 Å². The number of methoxy groups -OCH3 is 1. The number of unbranched alkanes of at least 4 members (excludes halogenated alkanes) is 2. The standard InChI is InChI=1S/C29H34ClN8O5/c1-42-18-6-5-16-9-19-21(36-20(16)12-18)10-17(30)11-22(19)37(8-4-2-3-7-31)38(29-26(41)25(40)23(13-39)43-29)15-35-24-27(32)33-14-34-28(24)38/h5-6,9-12,14-15,23,25-26,29,39-41H,2-4,7-8,13,31H2,1H3,(H2,32,33,34)/q+1/t23-,25-,26-,29-,38?/m1/s1. The van der Waals surface area contributed by atoms with E-state index in [1.165, 1.54) is 6.33 Å². The zero-order chi connectivity index (χ0) is 30.3. The van der Waals surface area contributed by atoms with Crippen molar-refractivity contribution in [3.05, 3.63) is 47.7 Å². The molecule has 7 N–H and O–H groups in total. The first-order chi connectivity index (χ1) is 20.8. The molecule has 5 atom stereocenters. The van der Waals surface area contributed by atoms with Crippen molar-refractivity contribution in [2.24, 2.45) is 10.7 Å². The van der Waals surface area contributed by atoms with Gasteiger partial charge in [0.2, 0.25) is 6.34 Å². The molecular weight excluding hydrogens is 576 g/mol. The summed E-state index contributed by atoms with van der Waals surface area (Å²) in [7, 11) is 1.60. The minimum Gasteiger partial charge on any atom is -0.497 e. The van der Waals surface area contributed by atoms with Crippen LogP contribution in [0.1, 0.15) is 19.3 Å². The third-order valence-electron chi connectivity index (χ3n) is 8.07. The smallest absolute Gasteiger partial charge is 0.292 e. The van der Waals surface area contributed by atoms with Gasteiger partial charge in [0.05, 0.1) is 31.3 Å². The first kappa shape index (κ1) is 29.4. The third kappa shape index (κ3) is 4.92. The molecule has 1 unspecified atom stereocenters. The van der Waals surface area contributed by atoms with Gasteiger partial charge in [-0.05, 0) is 49.7 Å². The molecule has 14 heteroatoms.